The molecule has 1 aromatic heterocycles. The minimum atomic E-state index is -0.249. The minimum Gasteiger partial charge on any atom is -0.497 e. The Morgan fingerprint density at radius 3 is 2.78 bits per heavy atom. The number of nitrogens with one attached hydrogen (secondary N) is 1. The Balaban J connectivity index is 1.50. The molecule has 1 N–H and O–H groups in total. The molecule has 0 atom stereocenters. The largest absolute Gasteiger partial charge is 0.497 e. The van der Waals surface area contributed by atoms with Crippen molar-refractivity contribution in [1.29, 1.82) is 0 Å². The summed E-state index contributed by atoms with van der Waals surface area (Å²) in [6.07, 6.45) is 5.88. The second-order valence-electron chi connectivity index (χ2n) is 6.71. The lowest BCUT2D eigenvalue weighted by atomic mass is 10.1. The van der Waals surface area contributed by atoms with Crippen molar-refractivity contribution in [2.45, 2.75) is 32.2 Å². The number of benzene rings is 1. The van der Waals surface area contributed by atoms with Gasteiger partial charge in [0.05, 0.1) is 19.0 Å². The van der Waals surface area contributed by atoms with Crippen LogP contribution in [0.5, 0.6) is 5.75 Å². The summed E-state index contributed by atoms with van der Waals surface area (Å²) in [5.74, 6) is 0.571. The Morgan fingerprint density at radius 1 is 1.22 bits per heavy atom. The van der Waals surface area contributed by atoms with E-state index in [1.165, 1.54) is 11.1 Å². The predicted octanol–water partition coefficient (Wildman–Crippen LogP) is 1.60. The smallest absolute Gasteiger partial charge is 0.269 e. The molecule has 1 amide bonds. The summed E-state index contributed by atoms with van der Waals surface area (Å²) in [4.78, 5) is 26.6. The summed E-state index contributed by atoms with van der Waals surface area (Å²) >= 11 is 0. The van der Waals surface area contributed by atoms with Crippen LogP contribution in [-0.2, 0) is 17.8 Å². The van der Waals surface area contributed by atoms with Crippen LogP contribution in [0.25, 0.3) is 0 Å². The van der Waals surface area contributed by atoms with E-state index in [2.05, 4.69) is 15.3 Å². The fraction of sp³-hybridized carbons (Fsp3) is 0.450. The van der Waals surface area contributed by atoms with Gasteiger partial charge in [-0.3, -0.25) is 9.59 Å². The van der Waals surface area contributed by atoms with Gasteiger partial charge in [-0.25, -0.2) is 4.68 Å². The van der Waals surface area contributed by atoms with Gasteiger partial charge in [0.2, 0.25) is 5.91 Å². The molecule has 7 heteroatoms. The number of carbonyl (C=O) groups is 1. The molecule has 0 aliphatic carbocycles. The van der Waals surface area contributed by atoms with Gasteiger partial charge in [0.25, 0.3) is 5.56 Å². The molecule has 1 fully saturated rings. The maximum Gasteiger partial charge on any atom is 0.269 e. The molecule has 0 unspecified atom stereocenters. The summed E-state index contributed by atoms with van der Waals surface area (Å²) in [6.45, 7) is 2.33. The van der Waals surface area contributed by atoms with E-state index in [-0.39, 0.29) is 18.0 Å². The first-order valence-electron chi connectivity index (χ1n) is 9.37. The maximum atomic E-state index is 12.3. The van der Waals surface area contributed by atoms with Crippen LogP contribution in [0, 0.1) is 0 Å². The van der Waals surface area contributed by atoms with Gasteiger partial charge in [-0.15, -0.1) is 0 Å². The monoisotopic (exact) mass is 370 g/mol. The number of piperidine rings is 1. The molecule has 1 aromatic carbocycles. The van der Waals surface area contributed by atoms with Gasteiger partial charge in [0.15, 0.2) is 0 Å². The third kappa shape index (κ3) is 5.32. The highest BCUT2D eigenvalue weighted by molar-refractivity contribution is 5.75. The van der Waals surface area contributed by atoms with Crippen molar-refractivity contribution in [3.05, 3.63) is 52.4 Å². The lowest BCUT2D eigenvalue weighted by Crippen LogP contribution is -2.36. The van der Waals surface area contributed by atoms with Gasteiger partial charge in [0, 0.05) is 25.7 Å². The van der Waals surface area contributed by atoms with Crippen LogP contribution in [0.2, 0.25) is 0 Å². The Morgan fingerprint density at radius 2 is 2.04 bits per heavy atom. The number of anilines is 1. The standard InChI is InChI=1S/C20H26N4O3/c1-27-18-7-5-6-16(12-18)8-9-21-19(25)15-24-20(26)13-17(14-22-24)23-10-3-2-4-11-23/h5-7,12-14H,2-4,8-11,15H2,1H3,(H,21,25). The second-order valence-corrected chi connectivity index (χ2v) is 6.71. The van der Waals surface area contributed by atoms with Crippen molar-refractivity contribution >= 4 is 11.6 Å². The van der Waals surface area contributed by atoms with Crippen LogP contribution in [0.3, 0.4) is 0 Å². The number of ether oxygens (including phenoxy) is 1. The SMILES string of the molecule is COc1cccc(CCNC(=O)Cn2ncc(N3CCCCC3)cc2=O)c1. The summed E-state index contributed by atoms with van der Waals surface area (Å²) in [5.41, 5.74) is 1.67. The molecule has 144 valence electrons. The molecule has 1 saturated heterocycles. The number of carbonyl (C=O) groups excluding carboxylic acids is 1. The number of hydrogen-bond donors (Lipinski definition) is 1. The zero-order chi connectivity index (χ0) is 19.1. The van der Waals surface area contributed by atoms with E-state index in [4.69, 9.17) is 4.74 Å². The number of amides is 1. The summed E-state index contributed by atoms with van der Waals surface area (Å²) in [5, 5.41) is 7.00. The maximum absolute atomic E-state index is 12.3. The molecule has 1 aliphatic rings. The first-order valence-corrected chi connectivity index (χ1v) is 9.37. The van der Waals surface area contributed by atoms with Crippen molar-refractivity contribution in [3.63, 3.8) is 0 Å². The van der Waals surface area contributed by atoms with Gasteiger partial charge in [-0.2, -0.15) is 5.10 Å². The molecule has 0 radical (unpaired) electrons. The third-order valence-electron chi connectivity index (χ3n) is 4.74. The first kappa shape index (κ1) is 18.9. The summed E-state index contributed by atoms with van der Waals surface area (Å²) in [6, 6.07) is 9.30. The van der Waals surface area contributed by atoms with Crippen molar-refractivity contribution in [3.8, 4) is 5.75 Å². The number of rotatable bonds is 7. The number of hydrogen-bond acceptors (Lipinski definition) is 5. The average molecular weight is 370 g/mol. The van der Waals surface area contributed by atoms with E-state index in [1.807, 2.05) is 24.3 Å². The second kappa shape index (κ2) is 9.21. The van der Waals surface area contributed by atoms with Crippen LogP contribution < -0.4 is 20.5 Å². The molecule has 27 heavy (non-hydrogen) atoms. The highest BCUT2D eigenvalue weighted by Crippen LogP contribution is 2.16. The zero-order valence-corrected chi connectivity index (χ0v) is 15.7. The number of methoxy groups -OCH3 is 1. The van der Waals surface area contributed by atoms with Gasteiger partial charge in [0.1, 0.15) is 12.3 Å². The van der Waals surface area contributed by atoms with E-state index in [9.17, 15) is 9.59 Å². The van der Waals surface area contributed by atoms with E-state index in [0.29, 0.717) is 13.0 Å². The van der Waals surface area contributed by atoms with E-state index in [1.54, 1.807) is 19.4 Å². The van der Waals surface area contributed by atoms with Crippen LogP contribution >= 0.6 is 0 Å². The third-order valence-corrected chi connectivity index (χ3v) is 4.74. The van der Waals surface area contributed by atoms with Gasteiger partial charge in [-0.05, 0) is 43.4 Å². The minimum absolute atomic E-state index is 0.0722. The molecule has 2 heterocycles. The molecule has 7 nitrogen and oxygen atoms in total. The highest BCUT2D eigenvalue weighted by Gasteiger charge is 2.13. The molecular formula is C20H26N4O3. The van der Waals surface area contributed by atoms with Crippen molar-refractivity contribution in [2.75, 3.05) is 31.6 Å². The van der Waals surface area contributed by atoms with E-state index >= 15 is 0 Å². The number of aromatic nitrogens is 2. The zero-order valence-electron chi connectivity index (χ0n) is 15.7. The lowest BCUT2D eigenvalue weighted by molar-refractivity contribution is -0.121. The predicted molar refractivity (Wildman–Crippen MR) is 104 cm³/mol. The Labute approximate surface area is 158 Å². The molecular weight excluding hydrogens is 344 g/mol. The molecule has 0 spiro atoms. The van der Waals surface area contributed by atoms with Crippen molar-refractivity contribution in [2.24, 2.45) is 0 Å². The quantitative estimate of drug-likeness (QED) is 0.801. The van der Waals surface area contributed by atoms with Gasteiger partial charge in [-0.1, -0.05) is 12.1 Å². The topological polar surface area (TPSA) is 76.5 Å². The fourth-order valence-corrected chi connectivity index (χ4v) is 3.23. The molecule has 2 aromatic rings. The van der Waals surface area contributed by atoms with Crippen LogP contribution in [0.4, 0.5) is 5.69 Å². The van der Waals surface area contributed by atoms with Crippen LogP contribution in [0.15, 0.2) is 41.3 Å². The highest BCUT2D eigenvalue weighted by atomic mass is 16.5. The molecule has 1 aliphatic heterocycles. The number of nitrogens with zero attached hydrogens (tertiary/aromatic N) is 3. The van der Waals surface area contributed by atoms with Crippen LogP contribution in [-0.4, -0.2) is 42.4 Å². The summed E-state index contributed by atoms with van der Waals surface area (Å²) in [7, 11) is 1.63. The average Bonchev–Trinajstić information content (AvgIpc) is 2.70. The fourth-order valence-electron chi connectivity index (χ4n) is 3.23. The van der Waals surface area contributed by atoms with Crippen molar-refractivity contribution in [1.82, 2.24) is 15.1 Å². The van der Waals surface area contributed by atoms with Crippen molar-refractivity contribution < 1.29 is 9.53 Å². The first-order chi connectivity index (χ1) is 13.2. The van der Waals surface area contributed by atoms with Crippen LogP contribution in [0.1, 0.15) is 24.8 Å². The van der Waals surface area contributed by atoms with Gasteiger partial charge < -0.3 is 15.0 Å². The lowest BCUT2D eigenvalue weighted by Gasteiger charge is -2.28. The molecule has 3 rings (SSSR count). The molecule has 0 saturated carbocycles. The summed E-state index contributed by atoms with van der Waals surface area (Å²) < 4.78 is 6.39. The van der Waals surface area contributed by atoms with Gasteiger partial charge >= 0.3 is 0 Å². The van der Waals surface area contributed by atoms with E-state index < -0.39 is 0 Å². The molecule has 0 bridgehead atoms. The Hall–Kier alpha value is -2.83. The Kier molecular flexibility index (Phi) is 6.46. The normalized spacial score (nSPS) is 14.0. The van der Waals surface area contributed by atoms with E-state index in [0.717, 1.165) is 42.9 Å². The Bertz CT molecular complexity index is 828.